The molecule has 2 atom stereocenters. The van der Waals surface area contributed by atoms with E-state index in [9.17, 15) is 9.59 Å². The fraction of sp³-hybridized carbons (Fsp3) is 0.323. The van der Waals surface area contributed by atoms with Crippen molar-refractivity contribution in [3.8, 4) is 11.5 Å². The molecule has 0 aliphatic carbocycles. The Hall–Kier alpha value is -7.50. The highest BCUT2D eigenvalue weighted by Gasteiger charge is 2.54. The van der Waals surface area contributed by atoms with Crippen LogP contribution in [0.5, 0.6) is 11.5 Å². The van der Waals surface area contributed by atoms with Crippen LogP contribution in [-0.2, 0) is 38.3 Å². The molecule has 0 bridgehead atoms. The number of rotatable bonds is 22. The summed E-state index contributed by atoms with van der Waals surface area (Å²) >= 11 is 0. The Kier molecular flexibility index (Phi) is 14.1. The molecule has 376 valence electrons. The van der Waals surface area contributed by atoms with Crippen LogP contribution < -0.4 is 19.3 Å². The van der Waals surface area contributed by atoms with Gasteiger partial charge < -0.3 is 43.5 Å². The van der Waals surface area contributed by atoms with Crippen LogP contribution in [0, 0.1) is 0 Å². The number of carbonyl (C=O) groups excluding carboxylic acids is 2. The fourth-order valence-electron chi connectivity index (χ4n) is 11.5. The maximum Gasteiger partial charge on any atom is 0.340 e. The van der Waals surface area contributed by atoms with E-state index in [0.717, 1.165) is 130 Å². The second-order valence-corrected chi connectivity index (χ2v) is 18.8. The van der Waals surface area contributed by atoms with Crippen LogP contribution in [0.4, 0.5) is 11.4 Å². The minimum Gasteiger partial charge on any atom is -0.491 e. The summed E-state index contributed by atoms with van der Waals surface area (Å²) in [5.41, 5.74) is 9.38. The van der Waals surface area contributed by atoms with Crippen LogP contribution in [0.25, 0.3) is 21.8 Å². The van der Waals surface area contributed by atoms with Gasteiger partial charge >= 0.3 is 11.9 Å². The summed E-state index contributed by atoms with van der Waals surface area (Å²) in [6.07, 6.45) is 3.31. The first-order valence-corrected chi connectivity index (χ1v) is 26.2. The van der Waals surface area contributed by atoms with Crippen LogP contribution in [-0.4, -0.2) is 74.5 Å². The number of hydrogen-bond acceptors (Lipinski definition) is 9. The van der Waals surface area contributed by atoms with Crippen molar-refractivity contribution in [2.24, 2.45) is 0 Å². The number of esters is 2. The molecule has 2 unspecified atom stereocenters. The highest BCUT2D eigenvalue weighted by atomic mass is 16.6. The quantitative estimate of drug-likeness (QED) is 0.0505. The lowest BCUT2D eigenvalue weighted by atomic mass is 9.77. The smallest absolute Gasteiger partial charge is 0.340 e. The van der Waals surface area contributed by atoms with Crippen molar-refractivity contribution in [1.29, 1.82) is 0 Å². The van der Waals surface area contributed by atoms with Gasteiger partial charge in [-0.15, -0.1) is 0 Å². The SMILES string of the molecule is CCCc1[nH]c2ccccc2c1C1(c2ccc(N(CC)CC)cc2OCCOCCOc2cc(N(CC)CC)ccc2C2(c3c(CCC)[nH]c4ccccc34)OC(=O)c3ccccc32)OC(=O)c2ccccc21. The highest BCUT2D eigenvalue weighted by molar-refractivity contribution is 6.00. The first-order valence-electron chi connectivity index (χ1n) is 26.2. The molecule has 2 aromatic heterocycles. The average molecular weight is 979 g/mol. The number of aryl methyl sites for hydroxylation is 2. The first-order chi connectivity index (χ1) is 35.8. The Labute approximate surface area is 428 Å². The number of carbonyl (C=O) groups is 2. The van der Waals surface area contributed by atoms with Crippen molar-refractivity contribution < 1.29 is 33.3 Å². The van der Waals surface area contributed by atoms with Gasteiger partial charge in [-0.25, -0.2) is 9.59 Å². The van der Waals surface area contributed by atoms with Gasteiger partial charge in [-0.1, -0.05) is 99.5 Å². The van der Waals surface area contributed by atoms with Gasteiger partial charge in [0.1, 0.15) is 24.7 Å². The number of cyclic esters (lactones) is 2. The van der Waals surface area contributed by atoms with Gasteiger partial charge in [0.05, 0.1) is 24.3 Å². The summed E-state index contributed by atoms with van der Waals surface area (Å²) in [6, 6.07) is 44.4. The van der Waals surface area contributed by atoms with E-state index in [0.29, 0.717) is 22.6 Å². The van der Waals surface area contributed by atoms with E-state index in [-0.39, 0.29) is 38.4 Å². The molecule has 0 radical (unpaired) electrons. The Balaban J connectivity index is 0.969. The maximum absolute atomic E-state index is 14.1. The zero-order chi connectivity index (χ0) is 50.7. The third-order valence-corrected chi connectivity index (χ3v) is 14.7. The van der Waals surface area contributed by atoms with E-state index in [1.165, 1.54) is 0 Å². The minimum atomic E-state index is -1.30. The molecule has 0 saturated heterocycles. The number of para-hydroxylation sites is 2. The lowest BCUT2D eigenvalue weighted by Gasteiger charge is -2.33. The Bertz CT molecular complexity index is 3080. The van der Waals surface area contributed by atoms with Gasteiger partial charge in [0.25, 0.3) is 0 Å². The number of fused-ring (bicyclic) bond motifs is 4. The monoisotopic (exact) mass is 978 g/mol. The average Bonchev–Trinajstić information content (AvgIpc) is 4.15. The van der Waals surface area contributed by atoms with Crippen molar-refractivity contribution in [2.75, 3.05) is 62.4 Å². The van der Waals surface area contributed by atoms with Crippen molar-refractivity contribution in [3.05, 3.63) is 189 Å². The number of hydrogen-bond donors (Lipinski definition) is 2. The van der Waals surface area contributed by atoms with Crippen LogP contribution in [0.1, 0.15) is 120 Å². The van der Waals surface area contributed by atoms with Crippen LogP contribution >= 0.6 is 0 Å². The molecule has 2 aliphatic heterocycles. The number of aromatic amines is 2. The van der Waals surface area contributed by atoms with E-state index in [4.69, 9.17) is 23.7 Å². The molecule has 8 aromatic rings. The van der Waals surface area contributed by atoms with Gasteiger partial charge in [0, 0.05) is 116 Å². The summed E-state index contributed by atoms with van der Waals surface area (Å²) in [4.78, 5) is 40.1. The molecule has 2 N–H and O–H groups in total. The summed E-state index contributed by atoms with van der Waals surface area (Å²) in [7, 11) is 0. The fourth-order valence-corrected chi connectivity index (χ4v) is 11.5. The third kappa shape index (κ3) is 8.47. The van der Waals surface area contributed by atoms with Crippen LogP contribution in [0.3, 0.4) is 0 Å². The normalized spacial score (nSPS) is 16.9. The lowest BCUT2D eigenvalue weighted by molar-refractivity contribution is 0.0236. The van der Waals surface area contributed by atoms with E-state index in [2.05, 4.69) is 122 Å². The molecule has 2 aliphatic rings. The van der Waals surface area contributed by atoms with E-state index >= 15 is 0 Å². The van der Waals surface area contributed by atoms with Crippen molar-refractivity contribution in [3.63, 3.8) is 0 Å². The van der Waals surface area contributed by atoms with Gasteiger partial charge in [0.15, 0.2) is 11.2 Å². The molecule has 11 nitrogen and oxygen atoms in total. The van der Waals surface area contributed by atoms with Crippen molar-refractivity contribution in [2.45, 2.75) is 78.4 Å². The second-order valence-electron chi connectivity index (χ2n) is 18.8. The largest absolute Gasteiger partial charge is 0.491 e. The van der Waals surface area contributed by atoms with Gasteiger partial charge in [-0.05, 0) is 89.1 Å². The standard InChI is InChI=1S/C62H66N4O7/c1-7-21-53-57(45-25-15-19-29-51(45)63-53)61(47-27-17-13-23-43(47)59(67)72-61)49-33-31-41(65(9-3)10-4)39-55(49)70-37-35-69-36-38-71-56-40-42(66(11-5)12-6)32-34-50(56)62(48-28-18-14-24-44(48)60(68)73-62)58-46-26-16-20-30-52(46)64-54(58)22-8-2/h13-20,23-34,39-40,63-64H,7-12,21-22,35-38H2,1-6H3. The number of nitrogens with one attached hydrogen (secondary N) is 2. The molecule has 73 heavy (non-hydrogen) atoms. The van der Waals surface area contributed by atoms with E-state index in [1.54, 1.807) is 0 Å². The Morgan fingerprint density at radius 1 is 0.466 bits per heavy atom. The topological polar surface area (TPSA) is 118 Å². The molecule has 6 aromatic carbocycles. The number of anilines is 2. The summed E-state index contributed by atoms with van der Waals surface area (Å²) in [5.74, 6) is 0.465. The van der Waals surface area contributed by atoms with Crippen molar-refractivity contribution >= 4 is 45.1 Å². The van der Waals surface area contributed by atoms with Crippen molar-refractivity contribution in [1.82, 2.24) is 9.97 Å². The number of benzene rings is 6. The number of ether oxygens (including phenoxy) is 5. The lowest BCUT2D eigenvalue weighted by Crippen LogP contribution is -2.32. The molecule has 0 saturated carbocycles. The molecule has 0 fully saturated rings. The summed E-state index contributed by atoms with van der Waals surface area (Å²) in [5, 5.41) is 1.99. The Morgan fingerprint density at radius 3 is 1.27 bits per heavy atom. The van der Waals surface area contributed by atoms with Gasteiger partial charge in [-0.2, -0.15) is 0 Å². The number of H-pyrrole nitrogens is 2. The maximum atomic E-state index is 14.1. The van der Waals surface area contributed by atoms with Crippen LogP contribution in [0.15, 0.2) is 133 Å². The molecular weight excluding hydrogens is 913 g/mol. The number of nitrogens with zero attached hydrogens (tertiary/aromatic N) is 2. The third-order valence-electron chi connectivity index (χ3n) is 14.7. The minimum absolute atomic E-state index is 0.218. The van der Waals surface area contributed by atoms with E-state index in [1.807, 2.05) is 72.8 Å². The second kappa shape index (κ2) is 20.9. The molecule has 4 heterocycles. The summed E-state index contributed by atoms with van der Waals surface area (Å²) < 4.78 is 33.6. The predicted octanol–water partition coefficient (Wildman–Crippen LogP) is 12.6. The van der Waals surface area contributed by atoms with Crippen LogP contribution in [0.2, 0.25) is 0 Å². The first kappa shape index (κ1) is 49.1. The molecular formula is C62H66N4O7. The summed E-state index contributed by atoms with van der Waals surface area (Å²) in [6.45, 7) is 17.1. The van der Waals surface area contributed by atoms with E-state index < -0.39 is 11.2 Å². The number of aromatic nitrogens is 2. The molecule has 11 heteroatoms. The van der Waals surface area contributed by atoms with Gasteiger partial charge in [0.2, 0.25) is 0 Å². The Morgan fingerprint density at radius 2 is 0.863 bits per heavy atom. The zero-order valence-electron chi connectivity index (χ0n) is 42.9. The van der Waals surface area contributed by atoms with Gasteiger partial charge in [-0.3, -0.25) is 0 Å². The molecule has 0 amide bonds. The highest BCUT2D eigenvalue weighted by Crippen LogP contribution is 2.55. The molecule has 10 rings (SSSR count). The molecule has 0 spiro atoms. The zero-order valence-corrected chi connectivity index (χ0v) is 42.9. The predicted molar refractivity (Wildman–Crippen MR) is 290 cm³/mol.